The van der Waals surface area contributed by atoms with Gasteiger partial charge < -0.3 is 10.5 Å². The molecule has 0 aliphatic carbocycles. The number of primary amides is 1. The minimum atomic E-state index is -3.40. The Morgan fingerprint density at radius 1 is 1.34 bits per heavy atom. The second-order valence-electron chi connectivity index (χ2n) is 6.90. The molecule has 0 fully saturated rings. The standard InChI is InChI=1S/C18H24N4O5S2/c1-11(2)9-27-15-7-12(3)5-6-14(15)22(17(24)16(19)23)18-21-13(10-28-18)8-20-29(4,25)26/h5-7,10-11,20H,8-9H2,1-4H3,(H2,19,23). The van der Waals surface area contributed by atoms with Crippen LogP contribution in [0, 0.1) is 12.8 Å². The minimum Gasteiger partial charge on any atom is -0.491 e. The number of ether oxygens (including phenoxy) is 1. The summed E-state index contributed by atoms with van der Waals surface area (Å²) in [7, 11) is -3.40. The number of rotatable bonds is 8. The number of aryl methyl sites for hydroxylation is 1. The molecule has 0 saturated heterocycles. The zero-order valence-electron chi connectivity index (χ0n) is 16.6. The first-order valence-electron chi connectivity index (χ1n) is 8.74. The van der Waals surface area contributed by atoms with Crippen LogP contribution in [0.1, 0.15) is 25.1 Å². The molecule has 1 aromatic heterocycles. The fourth-order valence-electron chi connectivity index (χ4n) is 2.27. The Morgan fingerprint density at radius 3 is 2.62 bits per heavy atom. The molecule has 0 unspecified atom stereocenters. The van der Waals surface area contributed by atoms with Crippen LogP contribution in [0.15, 0.2) is 23.6 Å². The molecule has 0 spiro atoms. The van der Waals surface area contributed by atoms with E-state index in [9.17, 15) is 18.0 Å². The molecule has 2 amide bonds. The van der Waals surface area contributed by atoms with Crippen molar-refractivity contribution in [1.29, 1.82) is 0 Å². The average molecular weight is 441 g/mol. The fraction of sp³-hybridized carbons (Fsp3) is 0.389. The molecule has 0 atom stereocenters. The maximum atomic E-state index is 12.6. The molecule has 11 heteroatoms. The van der Waals surface area contributed by atoms with Gasteiger partial charge in [0.1, 0.15) is 5.75 Å². The van der Waals surface area contributed by atoms with Crippen LogP contribution >= 0.6 is 11.3 Å². The summed E-state index contributed by atoms with van der Waals surface area (Å²) in [5, 5.41) is 1.77. The highest BCUT2D eigenvalue weighted by atomic mass is 32.2. The Balaban J connectivity index is 2.46. The smallest absolute Gasteiger partial charge is 0.322 e. The summed E-state index contributed by atoms with van der Waals surface area (Å²) < 4.78 is 30.8. The topological polar surface area (TPSA) is 132 Å². The van der Waals surface area contributed by atoms with E-state index in [1.165, 1.54) is 0 Å². The van der Waals surface area contributed by atoms with Gasteiger partial charge in [-0.3, -0.25) is 9.59 Å². The molecule has 0 bridgehead atoms. The second kappa shape index (κ2) is 9.33. The van der Waals surface area contributed by atoms with E-state index in [0.717, 1.165) is 28.1 Å². The number of aromatic nitrogens is 1. The highest BCUT2D eigenvalue weighted by Crippen LogP contribution is 2.36. The first kappa shape index (κ1) is 22.8. The number of thiazole rings is 1. The van der Waals surface area contributed by atoms with Gasteiger partial charge in [0.15, 0.2) is 5.13 Å². The van der Waals surface area contributed by atoms with Crippen molar-refractivity contribution in [2.75, 3.05) is 17.8 Å². The van der Waals surface area contributed by atoms with Crippen molar-refractivity contribution in [3.05, 3.63) is 34.8 Å². The highest BCUT2D eigenvalue weighted by Gasteiger charge is 2.28. The third-order valence-electron chi connectivity index (χ3n) is 3.59. The molecule has 2 aromatic rings. The lowest BCUT2D eigenvalue weighted by atomic mass is 10.2. The maximum absolute atomic E-state index is 12.6. The van der Waals surface area contributed by atoms with Gasteiger partial charge in [-0.2, -0.15) is 0 Å². The second-order valence-corrected chi connectivity index (χ2v) is 9.57. The van der Waals surface area contributed by atoms with Crippen molar-refractivity contribution >= 4 is 44.0 Å². The molecule has 29 heavy (non-hydrogen) atoms. The number of hydrogen-bond donors (Lipinski definition) is 2. The Morgan fingerprint density at radius 2 is 2.03 bits per heavy atom. The van der Waals surface area contributed by atoms with E-state index in [1.54, 1.807) is 23.6 Å². The molecule has 0 aliphatic heterocycles. The van der Waals surface area contributed by atoms with Crippen molar-refractivity contribution in [3.8, 4) is 5.75 Å². The van der Waals surface area contributed by atoms with Crippen LogP contribution in [0.3, 0.4) is 0 Å². The summed E-state index contributed by atoms with van der Waals surface area (Å²) in [6.07, 6.45) is 1.04. The van der Waals surface area contributed by atoms with Gasteiger partial charge in [0, 0.05) is 5.38 Å². The zero-order valence-corrected chi connectivity index (χ0v) is 18.3. The van der Waals surface area contributed by atoms with Crippen LogP contribution in [-0.4, -0.2) is 38.1 Å². The predicted octanol–water partition coefficient (Wildman–Crippen LogP) is 1.69. The lowest BCUT2D eigenvalue weighted by Gasteiger charge is -2.22. The van der Waals surface area contributed by atoms with Gasteiger partial charge in [0.2, 0.25) is 10.0 Å². The van der Waals surface area contributed by atoms with Gasteiger partial charge in [0.25, 0.3) is 0 Å². The number of benzene rings is 1. The van der Waals surface area contributed by atoms with E-state index in [4.69, 9.17) is 10.5 Å². The fourth-order valence-corrected chi connectivity index (χ4v) is 3.52. The molecular formula is C18H24N4O5S2. The van der Waals surface area contributed by atoms with Crippen molar-refractivity contribution < 1.29 is 22.7 Å². The maximum Gasteiger partial charge on any atom is 0.322 e. The Labute approximate surface area is 173 Å². The number of nitrogens with zero attached hydrogens (tertiary/aromatic N) is 2. The van der Waals surface area contributed by atoms with Crippen LogP contribution in [0.4, 0.5) is 10.8 Å². The monoisotopic (exact) mass is 440 g/mol. The van der Waals surface area contributed by atoms with Gasteiger partial charge in [0.05, 0.1) is 30.8 Å². The minimum absolute atomic E-state index is 0.0431. The summed E-state index contributed by atoms with van der Waals surface area (Å²) in [6.45, 7) is 6.23. The Bertz CT molecular complexity index is 1000. The number of carbonyl (C=O) groups is 2. The molecule has 0 radical (unpaired) electrons. The third-order valence-corrected chi connectivity index (χ3v) is 5.13. The quantitative estimate of drug-likeness (QED) is 0.601. The van der Waals surface area contributed by atoms with Crippen molar-refractivity contribution in [1.82, 2.24) is 9.71 Å². The first-order valence-corrected chi connectivity index (χ1v) is 11.5. The van der Waals surface area contributed by atoms with Crippen molar-refractivity contribution in [2.45, 2.75) is 27.3 Å². The molecule has 158 valence electrons. The number of nitrogens with two attached hydrogens (primary N) is 1. The number of amides is 2. The molecule has 1 aromatic carbocycles. The van der Waals surface area contributed by atoms with Gasteiger partial charge >= 0.3 is 11.8 Å². The Kier molecular flexibility index (Phi) is 7.33. The molecule has 9 nitrogen and oxygen atoms in total. The van der Waals surface area contributed by atoms with Gasteiger partial charge in [-0.15, -0.1) is 11.3 Å². The van der Waals surface area contributed by atoms with Crippen LogP contribution in [-0.2, 0) is 26.2 Å². The summed E-state index contributed by atoms with van der Waals surface area (Å²) >= 11 is 1.08. The summed E-state index contributed by atoms with van der Waals surface area (Å²) in [6, 6.07) is 5.19. The van der Waals surface area contributed by atoms with Crippen molar-refractivity contribution in [3.63, 3.8) is 0 Å². The van der Waals surface area contributed by atoms with E-state index >= 15 is 0 Å². The zero-order chi connectivity index (χ0) is 21.8. The number of anilines is 2. The van der Waals surface area contributed by atoms with Gasteiger partial charge in [-0.05, 0) is 30.5 Å². The summed E-state index contributed by atoms with van der Waals surface area (Å²) in [5.41, 5.74) is 6.89. The number of carbonyl (C=O) groups excluding carboxylic acids is 2. The van der Waals surface area contributed by atoms with Crippen LogP contribution in [0.5, 0.6) is 5.75 Å². The lowest BCUT2D eigenvalue weighted by Crippen LogP contribution is -2.37. The van der Waals surface area contributed by atoms with Gasteiger partial charge in [-0.1, -0.05) is 19.9 Å². The van der Waals surface area contributed by atoms with Crippen LogP contribution in [0.2, 0.25) is 0 Å². The first-order chi connectivity index (χ1) is 13.5. The largest absolute Gasteiger partial charge is 0.491 e. The van der Waals surface area contributed by atoms with E-state index in [1.807, 2.05) is 20.8 Å². The van der Waals surface area contributed by atoms with Crippen LogP contribution < -0.4 is 20.1 Å². The van der Waals surface area contributed by atoms with E-state index < -0.39 is 21.8 Å². The summed E-state index contributed by atoms with van der Waals surface area (Å²) in [5.74, 6) is -1.46. The molecular weight excluding hydrogens is 416 g/mol. The summed E-state index contributed by atoms with van der Waals surface area (Å²) in [4.78, 5) is 29.6. The number of sulfonamides is 1. The molecule has 0 aliphatic rings. The normalized spacial score (nSPS) is 11.5. The predicted molar refractivity (Wildman–Crippen MR) is 112 cm³/mol. The number of hydrogen-bond acceptors (Lipinski definition) is 7. The third kappa shape index (κ3) is 6.51. The average Bonchev–Trinajstić information content (AvgIpc) is 3.07. The molecule has 2 rings (SSSR count). The Hall–Kier alpha value is -2.50. The molecule has 0 saturated carbocycles. The van der Waals surface area contributed by atoms with E-state index in [2.05, 4.69) is 9.71 Å². The molecule has 3 N–H and O–H groups in total. The SMILES string of the molecule is Cc1ccc(N(C(=O)C(N)=O)c2nc(CNS(C)(=O)=O)cs2)c(OCC(C)C)c1. The lowest BCUT2D eigenvalue weighted by molar-refractivity contribution is -0.135. The number of nitrogens with one attached hydrogen (secondary N) is 1. The van der Waals surface area contributed by atoms with Crippen LogP contribution in [0.25, 0.3) is 0 Å². The van der Waals surface area contributed by atoms with Gasteiger partial charge in [-0.25, -0.2) is 23.0 Å². The van der Waals surface area contributed by atoms with E-state index in [0.29, 0.717) is 23.7 Å². The highest BCUT2D eigenvalue weighted by molar-refractivity contribution is 7.88. The van der Waals surface area contributed by atoms with Crippen molar-refractivity contribution in [2.24, 2.45) is 11.7 Å². The van der Waals surface area contributed by atoms with E-state index in [-0.39, 0.29) is 17.6 Å². The molecule has 1 heterocycles.